The smallest absolute Gasteiger partial charge is 0.270 e. The van der Waals surface area contributed by atoms with Crippen LogP contribution in [0.25, 0.3) is 0 Å². The van der Waals surface area contributed by atoms with Gasteiger partial charge in [0.15, 0.2) is 5.78 Å². The number of nitrogens with zero attached hydrogens (tertiary/aromatic N) is 1. The molecule has 1 heterocycles. The molecule has 1 aliphatic rings. The molecule has 0 fully saturated rings. The van der Waals surface area contributed by atoms with Gasteiger partial charge in [-0.25, -0.2) is 0 Å². The second-order valence-electron chi connectivity index (χ2n) is 2.65. The second-order valence-corrected chi connectivity index (χ2v) is 3.67. The van der Waals surface area contributed by atoms with E-state index in [9.17, 15) is 14.9 Å². The monoisotopic (exact) mass is 195 g/mol. The van der Waals surface area contributed by atoms with Crippen molar-refractivity contribution in [1.82, 2.24) is 0 Å². The fraction of sp³-hybridized carbons (Fsp3) is 0.125. The summed E-state index contributed by atoms with van der Waals surface area (Å²) in [5.41, 5.74) is 0.466. The molecular formula is C8H5NO3S. The number of fused-ring (bicyclic) bond motifs is 1. The summed E-state index contributed by atoms with van der Waals surface area (Å²) in [6.07, 6.45) is 0. The lowest BCUT2D eigenvalue weighted by Gasteiger charge is -1.95. The third-order valence-electron chi connectivity index (χ3n) is 1.83. The first kappa shape index (κ1) is 8.25. The van der Waals surface area contributed by atoms with Crippen LogP contribution in [-0.4, -0.2) is 16.5 Å². The molecule has 13 heavy (non-hydrogen) atoms. The van der Waals surface area contributed by atoms with Crippen molar-refractivity contribution in [3.8, 4) is 0 Å². The third kappa shape index (κ3) is 1.31. The average molecular weight is 195 g/mol. The molecule has 0 aliphatic carbocycles. The number of hydrogen-bond acceptors (Lipinski definition) is 4. The minimum absolute atomic E-state index is 0.0189. The lowest BCUT2D eigenvalue weighted by Crippen LogP contribution is -1.96. The summed E-state index contributed by atoms with van der Waals surface area (Å²) in [7, 11) is 0. The second kappa shape index (κ2) is 2.85. The van der Waals surface area contributed by atoms with E-state index in [1.807, 2.05) is 0 Å². The van der Waals surface area contributed by atoms with Crippen molar-refractivity contribution in [2.24, 2.45) is 0 Å². The van der Waals surface area contributed by atoms with Crippen LogP contribution < -0.4 is 0 Å². The summed E-state index contributed by atoms with van der Waals surface area (Å²) in [4.78, 5) is 21.9. The fourth-order valence-corrected chi connectivity index (χ4v) is 2.13. The van der Waals surface area contributed by atoms with Crippen LogP contribution >= 0.6 is 11.8 Å². The first-order valence-electron chi connectivity index (χ1n) is 3.63. The van der Waals surface area contributed by atoms with Gasteiger partial charge in [-0.05, 0) is 6.07 Å². The molecule has 1 aliphatic heterocycles. The zero-order valence-corrected chi connectivity index (χ0v) is 7.34. The predicted molar refractivity (Wildman–Crippen MR) is 48.2 cm³/mol. The molecule has 0 bridgehead atoms. The SMILES string of the molecule is O=C1CSc2ccc([N+](=O)[O-])cc21. The molecule has 1 aromatic rings. The van der Waals surface area contributed by atoms with Crippen LogP contribution in [-0.2, 0) is 0 Å². The average Bonchev–Trinajstić information content (AvgIpc) is 2.47. The molecule has 0 radical (unpaired) electrons. The van der Waals surface area contributed by atoms with E-state index in [1.165, 1.54) is 23.9 Å². The van der Waals surface area contributed by atoms with Crippen LogP contribution in [0, 0.1) is 10.1 Å². The highest BCUT2D eigenvalue weighted by Crippen LogP contribution is 2.33. The summed E-state index contributed by atoms with van der Waals surface area (Å²) in [5.74, 6) is 0.375. The molecule has 0 amide bonds. The molecule has 4 nitrogen and oxygen atoms in total. The van der Waals surface area contributed by atoms with Gasteiger partial charge in [0.2, 0.25) is 0 Å². The Bertz CT molecular complexity index is 402. The molecule has 0 saturated heterocycles. The van der Waals surface area contributed by atoms with Gasteiger partial charge in [0.05, 0.1) is 10.7 Å². The van der Waals surface area contributed by atoms with Crippen molar-refractivity contribution in [3.05, 3.63) is 33.9 Å². The van der Waals surface area contributed by atoms with E-state index in [-0.39, 0.29) is 11.5 Å². The number of thioether (sulfide) groups is 1. The van der Waals surface area contributed by atoms with Crippen LogP contribution in [0.2, 0.25) is 0 Å². The topological polar surface area (TPSA) is 60.2 Å². The lowest BCUT2D eigenvalue weighted by atomic mass is 10.1. The Labute approximate surface area is 78.1 Å². The number of ketones is 1. The van der Waals surface area contributed by atoms with Crippen LogP contribution in [0.15, 0.2) is 23.1 Å². The Morgan fingerprint density at radius 1 is 1.46 bits per heavy atom. The molecule has 66 valence electrons. The number of carbonyl (C=O) groups is 1. The lowest BCUT2D eigenvalue weighted by molar-refractivity contribution is -0.384. The van der Waals surface area contributed by atoms with Gasteiger partial charge in [-0.2, -0.15) is 0 Å². The number of rotatable bonds is 1. The van der Waals surface area contributed by atoms with Gasteiger partial charge in [-0.15, -0.1) is 11.8 Å². The van der Waals surface area contributed by atoms with Gasteiger partial charge in [-0.1, -0.05) is 0 Å². The Kier molecular flexibility index (Phi) is 1.81. The highest BCUT2D eigenvalue weighted by atomic mass is 32.2. The molecule has 0 N–H and O–H groups in total. The summed E-state index contributed by atoms with van der Waals surface area (Å²) < 4.78 is 0. The number of Topliss-reactive ketones (excluding diaryl/α,β-unsaturated/α-hetero) is 1. The van der Waals surface area contributed by atoms with Crippen molar-refractivity contribution in [1.29, 1.82) is 0 Å². The van der Waals surface area contributed by atoms with E-state index in [2.05, 4.69) is 0 Å². The van der Waals surface area contributed by atoms with Crippen LogP contribution in [0.5, 0.6) is 0 Å². The highest BCUT2D eigenvalue weighted by molar-refractivity contribution is 8.00. The maximum absolute atomic E-state index is 11.2. The highest BCUT2D eigenvalue weighted by Gasteiger charge is 2.22. The molecule has 1 aromatic carbocycles. The van der Waals surface area contributed by atoms with Crippen molar-refractivity contribution in [2.75, 3.05) is 5.75 Å². The van der Waals surface area contributed by atoms with Crippen molar-refractivity contribution in [3.63, 3.8) is 0 Å². The maximum atomic E-state index is 11.2. The van der Waals surface area contributed by atoms with E-state index in [0.29, 0.717) is 11.3 Å². The van der Waals surface area contributed by atoms with Crippen molar-refractivity contribution in [2.45, 2.75) is 4.90 Å². The minimum Gasteiger partial charge on any atom is -0.293 e. The van der Waals surface area contributed by atoms with Gasteiger partial charge in [0, 0.05) is 22.6 Å². The van der Waals surface area contributed by atoms with E-state index < -0.39 is 4.92 Å². The van der Waals surface area contributed by atoms with Crippen molar-refractivity contribution >= 4 is 23.2 Å². The molecule has 0 spiro atoms. The zero-order chi connectivity index (χ0) is 9.42. The third-order valence-corrected chi connectivity index (χ3v) is 2.91. The minimum atomic E-state index is -0.490. The number of benzene rings is 1. The summed E-state index contributed by atoms with van der Waals surface area (Å²) in [5, 5.41) is 10.4. The van der Waals surface area contributed by atoms with Gasteiger partial charge >= 0.3 is 0 Å². The molecular weight excluding hydrogens is 190 g/mol. The Morgan fingerprint density at radius 3 is 2.92 bits per heavy atom. The van der Waals surface area contributed by atoms with Gasteiger partial charge in [0.1, 0.15) is 0 Å². The summed E-state index contributed by atoms with van der Waals surface area (Å²) in [6.45, 7) is 0. The molecule has 0 atom stereocenters. The standard InChI is InChI=1S/C8H5NO3S/c10-7-4-13-8-2-1-5(9(11)12)3-6(7)8/h1-3H,4H2. The molecule has 0 unspecified atom stereocenters. The van der Waals surface area contributed by atoms with Gasteiger partial charge in [-0.3, -0.25) is 14.9 Å². The molecule has 0 saturated carbocycles. The molecule has 0 aromatic heterocycles. The van der Waals surface area contributed by atoms with E-state index in [1.54, 1.807) is 6.07 Å². The maximum Gasteiger partial charge on any atom is 0.270 e. The molecule has 2 rings (SSSR count). The Hall–Kier alpha value is -1.36. The first-order chi connectivity index (χ1) is 6.18. The number of nitro benzene ring substituents is 1. The number of non-ortho nitro benzene ring substituents is 1. The number of nitro groups is 1. The Morgan fingerprint density at radius 2 is 2.23 bits per heavy atom. The van der Waals surface area contributed by atoms with E-state index >= 15 is 0 Å². The number of hydrogen-bond donors (Lipinski definition) is 0. The fourth-order valence-electron chi connectivity index (χ4n) is 1.20. The molecule has 5 heteroatoms. The quantitative estimate of drug-likeness (QED) is 0.507. The van der Waals surface area contributed by atoms with E-state index in [0.717, 1.165) is 4.90 Å². The van der Waals surface area contributed by atoms with Crippen LogP contribution in [0.3, 0.4) is 0 Å². The summed E-state index contributed by atoms with van der Waals surface area (Å²) >= 11 is 1.42. The zero-order valence-electron chi connectivity index (χ0n) is 6.52. The normalized spacial score (nSPS) is 14.3. The van der Waals surface area contributed by atoms with Gasteiger partial charge in [0.25, 0.3) is 5.69 Å². The van der Waals surface area contributed by atoms with Crippen LogP contribution in [0.4, 0.5) is 5.69 Å². The van der Waals surface area contributed by atoms with Crippen molar-refractivity contribution < 1.29 is 9.72 Å². The predicted octanol–water partition coefficient (Wildman–Crippen LogP) is 1.88. The summed E-state index contributed by atoms with van der Waals surface area (Å²) in [6, 6.07) is 4.39. The first-order valence-corrected chi connectivity index (χ1v) is 4.61. The van der Waals surface area contributed by atoms with Crippen LogP contribution in [0.1, 0.15) is 10.4 Å². The largest absolute Gasteiger partial charge is 0.293 e. The Balaban J connectivity index is 2.54. The number of carbonyl (C=O) groups excluding carboxylic acids is 1. The van der Waals surface area contributed by atoms with E-state index in [4.69, 9.17) is 0 Å². The van der Waals surface area contributed by atoms with Gasteiger partial charge < -0.3 is 0 Å².